The van der Waals surface area contributed by atoms with E-state index in [1.807, 2.05) is 188 Å². The van der Waals surface area contributed by atoms with Crippen molar-refractivity contribution in [1.29, 1.82) is 0 Å². The molecule has 0 saturated heterocycles. The fourth-order valence-electron chi connectivity index (χ4n) is 18.6. The molecule has 0 spiro atoms. The smallest absolute Gasteiger partial charge is 0.232 e. The second-order valence-corrected chi connectivity index (χ2v) is 35.2. The Kier molecular flexibility index (Phi) is 22.6. The fraction of sp³-hybridized carbons (Fsp3) is 0. The van der Waals surface area contributed by atoms with Gasteiger partial charge in [-0.15, -0.1) is 0 Å². The van der Waals surface area contributed by atoms with E-state index in [-0.39, 0.29) is 26.4 Å². The predicted molar refractivity (Wildman–Crippen MR) is 571 cm³/mol. The van der Waals surface area contributed by atoms with E-state index in [9.17, 15) is 0 Å². The Balaban J connectivity index is 0.0000000953. The van der Waals surface area contributed by atoms with Crippen LogP contribution in [0.1, 0.15) is 0 Å². The lowest BCUT2D eigenvalue weighted by molar-refractivity contribution is 0.652. The molecule has 0 N–H and O–H groups in total. The number of nitrogens with zero attached hydrogens (tertiary/aromatic N) is 10. The minimum atomic E-state index is 0.165. The van der Waals surface area contributed by atoms with Gasteiger partial charge in [-0.05, 0) is 206 Å². The number of halogens is 5. The SMILES string of the molecule is Clc1nc(-c2cc(-c3ccccc3)cc(-c3ccccc3)c2)c2c(n1)oc1ccccc12.Clc1nc(-c2ccc(-c3ccc4ccccc4c3)cc2)c2c(n1)oc1ccccc12.Clc1nc(-c2ccc(-c3cccc4ccccc34)cc2)c2c(n1)oc1ccccc12.Clc1nc(-c2ccc3ccccc3c2)c2c(n1)oc1ccccc12.Clc1nc(-c2cccc3ccccc23)c2c(n1)oc1ccccc12. The molecule has 10 aromatic heterocycles. The maximum atomic E-state index is 6.33. The molecule has 0 atom stereocenters. The highest BCUT2D eigenvalue weighted by Gasteiger charge is 2.25. The fourth-order valence-corrected chi connectivity index (χ4v) is 19.4. The van der Waals surface area contributed by atoms with Gasteiger partial charge in [0.05, 0.1) is 55.4 Å². The average Bonchev–Trinajstić information content (AvgIpc) is 1.59. The van der Waals surface area contributed by atoms with E-state index >= 15 is 0 Å². The second-order valence-electron chi connectivity index (χ2n) is 33.5. The normalized spacial score (nSPS) is 11.5. The molecule has 0 amide bonds. The molecule has 0 aliphatic carbocycles. The lowest BCUT2D eigenvalue weighted by Gasteiger charge is -2.11. The molecule has 0 unspecified atom stereocenters. The summed E-state index contributed by atoms with van der Waals surface area (Å²) in [5.41, 5.74) is 24.4. The Hall–Kier alpha value is -17.2. The van der Waals surface area contributed by atoms with Crippen LogP contribution in [0.15, 0.2) is 441 Å². The van der Waals surface area contributed by atoms with Crippen molar-refractivity contribution in [2.24, 2.45) is 0 Å². The minimum absolute atomic E-state index is 0.165. The molecule has 10 heterocycles. The Morgan fingerprint density at radius 2 is 0.393 bits per heavy atom. The van der Waals surface area contributed by atoms with Gasteiger partial charge in [-0.1, -0.05) is 358 Å². The number of rotatable bonds is 9. The largest absolute Gasteiger partial charge is 0.438 e. The van der Waals surface area contributed by atoms with Gasteiger partial charge in [-0.25, -0.2) is 24.9 Å². The zero-order valence-electron chi connectivity index (χ0n) is 73.7. The van der Waals surface area contributed by atoms with E-state index in [0.29, 0.717) is 28.6 Å². The van der Waals surface area contributed by atoms with Crippen molar-refractivity contribution in [3.05, 3.63) is 445 Å². The molecule has 0 radical (unpaired) electrons. The zero-order chi connectivity index (χ0) is 93.8. The van der Waals surface area contributed by atoms with Gasteiger partial charge in [0.1, 0.15) is 27.9 Å². The molecule has 0 bridgehead atoms. The number of hydrogen-bond donors (Lipinski definition) is 0. The van der Waals surface area contributed by atoms with E-state index in [0.717, 1.165) is 188 Å². The zero-order valence-corrected chi connectivity index (χ0v) is 77.5. The first-order chi connectivity index (χ1) is 68.9. The molecule has 664 valence electrons. The summed E-state index contributed by atoms with van der Waals surface area (Å²) in [6.07, 6.45) is 0. The summed E-state index contributed by atoms with van der Waals surface area (Å²) in [4.78, 5) is 44.2. The van der Waals surface area contributed by atoms with Gasteiger partial charge in [-0.3, -0.25) is 0 Å². The number of aromatic nitrogens is 10. The molecular formula is C120H69Cl5N10O5. The molecule has 0 aliphatic rings. The first-order valence-electron chi connectivity index (χ1n) is 45.1. The van der Waals surface area contributed by atoms with Crippen molar-refractivity contribution in [2.45, 2.75) is 0 Å². The lowest BCUT2D eigenvalue weighted by Crippen LogP contribution is -1.92. The molecule has 140 heavy (non-hydrogen) atoms. The van der Waals surface area contributed by atoms with Crippen LogP contribution in [-0.4, -0.2) is 49.8 Å². The van der Waals surface area contributed by atoms with Crippen LogP contribution in [0.4, 0.5) is 0 Å². The number of para-hydroxylation sites is 5. The van der Waals surface area contributed by atoms with Crippen LogP contribution in [0.25, 0.3) is 254 Å². The van der Waals surface area contributed by atoms with Crippen LogP contribution < -0.4 is 0 Å². The molecule has 20 heteroatoms. The van der Waals surface area contributed by atoms with Crippen LogP contribution >= 0.6 is 58.0 Å². The molecule has 0 saturated carbocycles. The monoisotopic (exact) mass is 1900 g/mol. The Morgan fingerprint density at radius 3 is 0.786 bits per heavy atom. The summed E-state index contributed by atoms with van der Waals surface area (Å²) < 4.78 is 29.5. The quantitative estimate of drug-likeness (QED) is 0.124. The maximum Gasteiger partial charge on any atom is 0.232 e. The standard InChI is InChI=1S/C28H17ClN2O.2C26H15ClN2O.2C20H11ClN2O/c29-28-30-26(25-23-13-7-8-14-24(23)32-27(25)31-28)22-16-20(18-9-3-1-4-10-18)15-21(17-22)19-11-5-2-6-12-19;27-26-28-24(23-21-9-3-4-11-22(21)30-25(23)29-26)18-14-12-17(13-15-18)20-10-5-7-16-6-1-2-8-19(16)20;27-26-28-24(23-21-7-3-4-8-22(21)30-25(23)29-26)18-12-9-17(10-13-18)20-14-11-16-5-1-2-6-19(16)15-20;21-20-22-18(14-10-5-7-12-6-1-2-8-13(12)14)17-15-9-3-4-11-16(15)24-19(17)23-20;21-20-22-18(14-10-9-12-5-1-2-6-13(12)11-14)17-15-7-3-4-8-16(15)24-19(17)23-20/h1-17H;2*1-15H;2*1-11H. The first-order valence-corrected chi connectivity index (χ1v) is 47.0. The second kappa shape index (κ2) is 36.8. The molecule has 0 fully saturated rings. The highest BCUT2D eigenvalue weighted by Crippen LogP contribution is 2.46. The highest BCUT2D eigenvalue weighted by atomic mass is 35.5. The van der Waals surface area contributed by atoms with Gasteiger partial charge < -0.3 is 22.1 Å². The molecule has 15 nitrogen and oxygen atoms in total. The third-order valence-corrected chi connectivity index (χ3v) is 25.9. The van der Waals surface area contributed by atoms with Gasteiger partial charge in [0.25, 0.3) is 0 Å². The number of fused-ring (bicyclic) bond motifs is 19. The van der Waals surface area contributed by atoms with Gasteiger partial charge in [-0.2, -0.15) is 24.9 Å². The van der Waals surface area contributed by atoms with Crippen molar-refractivity contribution in [3.8, 4) is 101 Å². The summed E-state index contributed by atoms with van der Waals surface area (Å²) in [5.74, 6) is 0. The van der Waals surface area contributed by atoms with Crippen LogP contribution in [0, 0.1) is 0 Å². The Bertz CT molecular complexity index is 9620. The summed E-state index contributed by atoms with van der Waals surface area (Å²) in [6.45, 7) is 0. The van der Waals surface area contributed by atoms with E-state index in [2.05, 4.69) is 280 Å². The van der Waals surface area contributed by atoms with Crippen LogP contribution in [-0.2, 0) is 0 Å². The van der Waals surface area contributed by atoms with Crippen molar-refractivity contribution in [3.63, 3.8) is 0 Å². The summed E-state index contributed by atoms with van der Waals surface area (Å²) in [7, 11) is 0. The Labute approximate surface area is 822 Å². The number of hydrogen-bond acceptors (Lipinski definition) is 15. The summed E-state index contributed by atoms with van der Waals surface area (Å²) >= 11 is 31.1. The third-order valence-electron chi connectivity index (χ3n) is 25.0. The predicted octanol–water partition coefficient (Wildman–Crippen LogP) is 34.8. The lowest BCUT2D eigenvalue weighted by atomic mass is 9.94. The topological polar surface area (TPSA) is 195 Å². The molecular weight excluding hydrogens is 1840 g/mol. The van der Waals surface area contributed by atoms with Crippen LogP contribution in [0.2, 0.25) is 26.4 Å². The minimum Gasteiger partial charge on any atom is -0.438 e. The number of benzene rings is 18. The summed E-state index contributed by atoms with van der Waals surface area (Å²) in [5, 5.41) is 19.8. The van der Waals surface area contributed by atoms with E-state index in [1.54, 1.807) is 0 Å². The molecule has 28 aromatic rings. The van der Waals surface area contributed by atoms with Crippen LogP contribution in [0.3, 0.4) is 0 Å². The number of furan rings is 5. The summed E-state index contributed by atoms with van der Waals surface area (Å²) in [6, 6.07) is 142. The van der Waals surface area contributed by atoms with Crippen LogP contribution in [0.5, 0.6) is 0 Å². The van der Waals surface area contributed by atoms with E-state index < -0.39 is 0 Å². The van der Waals surface area contributed by atoms with E-state index in [1.165, 1.54) is 38.1 Å². The molecule has 28 rings (SSSR count). The van der Waals surface area contributed by atoms with Crippen molar-refractivity contribution >= 4 is 211 Å². The van der Waals surface area contributed by atoms with Crippen molar-refractivity contribution in [2.75, 3.05) is 0 Å². The van der Waals surface area contributed by atoms with Gasteiger partial charge in [0.2, 0.25) is 55.0 Å². The molecule has 18 aromatic carbocycles. The Morgan fingerprint density at radius 1 is 0.143 bits per heavy atom. The van der Waals surface area contributed by atoms with Crippen molar-refractivity contribution < 1.29 is 22.1 Å². The highest BCUT2D eigenvalue weighted by molar-refractivity contribution is 6.31. The van der Waals surface area contributed by atoms with Gasteiger partial charge in [0, 0.05) is 54.7 Å². The van der Waals surface area contributed by atoms with Gasteiger partial charge in [0.15, 0.2) is 0 Å². The van der Waals surface area contributed by atoms with Gasteiger partial charge >= 0.3 is 0 Å². The maximum absolute atomic E-state index is 6.33. The molecule has 0 aliphatic heterocycles. The first kappa shape index (κ1) is 85.7. The third kappa shape index (κ3) is 16.6. The average molecular weight is 1910 g/mol. The van der Waals surface area contributed by atoms with Crippen molar-refractivity contribution in [1.82, 2.24) is 49.8 Å². The van der Waals surface area contributed by atoms with E-state index in [4.69, 9.17) is 80.1 Å².